The van der Waals surface area contributed by atoms with Gasteiger partial charge in [0.1, 0.15) is 16.3 Å². The second-order valence-electron chi connectivity index (χ2n) is 4.74. The second-order valence-corrected chi connectivity index (χ2v) is 7.55. The summed E-state index contributed by atoms with van der Waals surface area (Å²) in [4.78, 5) is -2.28. The molecule has 6 N–H and O–H groups in total. The molecule has 0 unspecified atom stereocenters. The van der Waals surface area contributed by atoms with E-state index in [1.165, 1.54) is 0 Å². The first-order valence-corrected chi connectivity index (χ1v) is 9.18. The van der Waals surface area contributed by atoms with E-state index in [0.29, 0.717) is 12.1 Å². The SMILES string of the molecule is O=S(=O)(O)c1cc(N=Nc2ccc(O)c(O)c2O)c(O)c(S(=O)(=O)O)c1. The van der Waals surface area contributed by atoms with E-state index in [1.807, 2.05) is 0 Å². The molecule has 0 fully saturated rings. The molecule has 0 aliphatic heterocycles. The standard InChI is InChI=1S/C12H10N2O10S2/c15-8-2-1-6(11(17)12(8)18)13-14-7-3-5(25(19,20)21)4-9(10(7)16)26(22,23)24/h1-4,15-18H,(H,19,20,21)(H,22,23,24). The van der Waals surface area contributed by atoms with Crippen LogP contribution in [0.2, 0.25) is 0 Å². The van der Waals surface area contributed by atoms with Gasteiger partial charge in [-0.25, -0.2) is 0 Å². The minimum Gasteiger partial charge on any atom is -0.504 e. The first-order chi connectivity index (χ1) is 11.8. The molecule has 0 saturated heterocycles. The molecule has 0 radical (unpaired) electrons. The fourth-order valence-electron chi connectivity index (χ4n) is 1.74. The fourth-order valence-corrected chi connectivity index (χ4v) is 2.96. The summed E-state index contributed by atoms with van der Waals surface area (Å²) >= 11 is 0. The van der Waals surface area contributed by atoms with E-state index in [1.54, 1.807) is 0 Å². The van der Waals surface area contributed by atoms with Crippen molar-refractivity contribution in [1.82, 2.24) is 0 Å². The Bertz CT molecular complexity index is 1120. The molecule has 26 heavy (non-hydrogen) atoms. The first-order valence-electron chi connectivity index (χ1n) is 6.30. The van der Waals surface area contributed by atoms with Crippen LogP contribution in [0.4, 0.5) is 11.4 Å². The van der Waals surface area contributed by atoms with E-state index in [0.717, 1.165) is 12.1 Å². The summed E-state index contributed by atoms with van der Waals surface area (Å²) in [6.45, 7) is 0. The third-order valence-electron chi connectivity index (χ3n) is 2.98. The molecule has 14 heteroatoms. The van der Waals surface area contributed by atoms with Gasteiger partial charge in [0.15, 0.2) is 17.2 Å². The average Bonchev–Trinajstić information content (AvgIpc) is 2.51. The number of hydrogen-bond acceptors (Lipinski definition) is 10. The Hall–Kier alpha value is -2.94. The van der Waals surface area contributed by atoms with Crippen molar-refractivity contribution in [3.05, 3.63) is 24.3 Å². The smallest absolute Gasteiger partial charge is 0.298 e. The van der Waals surface area contributed by atoms with Gasteiger partial charge in [0.05, 0.1) is 4.90 Å². The van der Waals surface area contributed by atoms with Crippen molar-refractivity contribution in [2.24, 2.45) is 10.2 Å². The molecule has 0 bridgehead atoms. The van der Waals surface area contributed by atoms with Crippen LogP contribution in [0.25, 0.3) is 0 Å². The molecule has 0 aromatic heterocycles. The quantitative estimate of drug-likeness (QED) is 0.244. The van der Waals surface area contributed by atoms with Crippen LogP contribution in [0.1, 0.15) is 0 Å². The minimum atomic E-state index is -5.09. The number of phenolic OH excluding ortho intramolecular Hbond substituents is 4. The van der Waals surface area contributed by atoms with Crippen molar-refractivity contribution < 1.29 is 46.4 Å². The van der Waals surface area contributed by atoms with E-state index >= 15 is 0 Å². The maximum absolute atomic E-state index is 11.2. The lowest BCUT2D eigenvalue weighted by Crippen LogP contribution is -2.03. The number of hydrogen-bond donors (Lipinski definition) is 6. The summed E-state index contributed by atoms with van der Waals surface area (Å²) in [5, 5.41) is 44.7. The predicted molar refractivity (Wildman–Crippen MR) is 83.3 cm³/mol. The molecule has 2 aromatic carbocycles. The molecule has 0 heterocycles. The molecular weight excluding hydrogens is 396 g/mol. The van der Waals surface area contributed by atoms with Gasteiger partial charge in [-0.3, -0.25) is 9.11 Å². The highest BCUT2D eigenvalue weighted by atomic mass is 32.2. The lowest BCUT2D eigenvalue weighted by molar-refractivity contribution is 0.368. The number of nitrogens with zero attached hydrogens (tertiary/aromatic N) is 2. The third kappa shape index (κ3) is 3.83. The van der Waals surface area contributed by atoms with Crippen LogP contribution in [-0.4, -0.2) is 46.4 Å². The van der Waals surface area contributed by atoms with Crippen LogP contribution in [-0.2, 0) is 20.2 Å². The zero-order chi connectivity index (χ0) is 19.9. The fraction of sp³-hybridized carbons (Fsp3) is 0. The minimum absolute atomic E-state index is 0.295. The Balaban J connectivity index is 2.68. The molecule has 0 saturated carbocycles. The van der Waals surface area contributed by atoms with Gasteiger partial charge in [-0.15, -0.1) is 10.2 Å². The number of rotatable bonds is 4. The summed E-state index contributed by atoms with van der Waals surface area (Å²) in [6.07, 6.45) is 0. The van der Waals surface area contributed by atoms with Crippen molar-refractivity contribution in [2.45, 2.75) is 9.79 Å². The van der Waals surface area contributed by atoms with E-state index in [4.69, 9.17) is 9.11 Å². The summed E-state index contributed by atoms with van der Waals surface area (Å²) in [5.74, 6) is -3.71. The molecule has 2 rings (SSSR count). The molecule has 140 valence electrons. The Morgan fingerprint density at radius 1 is 0.692 bits per heavy atom. The number of azo groups is 1. The monoisotopic (exact) mass is 406 g/mol. The topological polar surface area (TPSA) is 214 Å². The van der Waals surface area contributed by atoms with Crippen LogP contribution in [0.3, 0.4) is 0 Å². The summed E-state index contributed by atoms with van der Waals surface area (Å²) in [7, 11) is -10.0. The van der Waals surface area contributed by atoms with Gasteiger partial charge >= 0.3 is 0 Å². The van der Waals surface area contributed by atoms with Crippen molar-refractivity contribution in [2.75, 3.05) is 0 Å². The van der Waals surface area contributed by atoms with Gasteiger partial charge in [-0.2, -0.15) is 16.8 Å². The molecule has 0 aliphatic carbocycles. The van der Waals surface area contributed by atoms with E-state index in [9.17, 15) is 37.3 Å². The van der Waals surface area contributed by atoms with E-state index in [2.05, 4.69) is 10.2 Å². The van der Waals surface area contributed by atoms with Gasteiger partial charge in [-0.05, 0) is 24.3 Å². The van der Waals surface area contributed by atoms with Gasteiger partial charge in [-0.1, -0.05) is 0 Å². The number of benzene rings is 2. The maximum Gasteiger partial charge on any atom is 0.298 e. The highest BCUT2D eigenvalue weighted by Gasteiger charge is 2.24. The van der Waals surface area contributed by atoms with Gasteiger partial charge < -0.3 is 20.4 Å². The van der Waals surface area contributed by atoms with Crippen LogP contribution >= 0.6 is 0 Å². The van der Waals surface area contributed by atoms with Crippen molar-refractivity contribution >= 4 is 31.6 Å². The van der Waals surface area contributed by atoms with E-state index in [-0.39, 0.29) is 0 Å². The Labute approximate surface area is 145 Å². The normalized spacial score (nSPS) is 12.5. The Kier molecular flexibility index (Phi) is 4.78. The van der Waals surface area contributed by atoms with Gasteiger partial charge in [0.25, 0.3) is 20.2 Å². The molecule has 12 nitrogen and oxygen atoms in total. The van der Waals surface area contributed by atoms with E-state index < -0.39 is 64.4 Å². The summed E-state index contributed by atoms with van der Waals surface area (Å²) < 4.78 is 63.0. The van der Waals surface area contributed by atoms with Crippen LogP contribution in [0.5, 0.6) is 23.0 Å². The first kappa shape index (κ1) is 19.4. The Morgan fingerprint density at radius 2 is 1.27 bits per heavy atom. The Morgan fingerprint density at radius 3 is 1.81 bits per heavy atom. The van der Waals surface area contributed by atoms with Crippen LogP contribution in [0.15, 0.2) is 44.3 Å². The molecular formula is C12H10N2O10S2. The lowest BCUT2D eigenvalue weighted by atomic mass is 10.2. The van der Waals surface area contributed by atoms with Crippen molar-refractivity contribution in [3.8, 4) is 23.0 Å². The average molecular weight is 406 g/mol. The third-order valence-corrected chi connectivity index (χ3v) is 4.68. The second kappa shape index (κ2) is 6.41. The lowest BCUT2D eigenvalue weighted by Gasteiger charge is -2.07. The summed E-state index contributed by atoms with van der Waals surface area (Å²) in [6, 6.07) is 2.76. The molecule has 0 aliphatic rings. The highest BCUT2D eigenvalue weighted by molar-refractivity contribution is 7.86. The summed E-state index contributed by atoms with van der Waals surface area (Å²) in [5.41, 5.74) is -1.25. The molecule has 0 atom stereocenters. The number of phenols is 4. The van der Waals surface area contributed by atoms with Crippen LogP contribution < -0.4 is 0 Å². The zero-order valence-electron chi connectivity index (χ0n) is 12.3. The van der Waals surface area contributed by atoms with Crippen LogP contribution in [0, 0.1) is 0 Å². The van der Waals surface area contributed by atoms with Crippen molar-refractivity contribution in [1.29, 1.82) is 0 Å². The molecule has 2 aromatic rings. The predicted octanol–water partition coefficient (Wildman–Crippen LogP) is 1.42. The number of aromatic hydroxyl groups is 4. The largest absolute Gasteiger partial charge is 0.504 e. The van der Waals surface area contributed by atoms with Gasteiger partial charge in [0, 0.05) is 0 Å². The van der Waals surface area contributed by atoms with Crippen molar-refractivity contribution in [3.63, 3.8) is 0 Å². The molecule has 0 spiro atoms. The molecule has 0 amide bonds. The highest BCUT2D eigenvalue weighted by Crippen LogP contribution is 2.43. The maximum atomic E-state index is 11.2. The zero-order valence-corrected chi connectivity index (χ0v) is 14.0. The van der Waals surface area contributed by atoms with Gasteiger partial charge in [0.2, 0.25) is 5.75 Å².